The van der Waals surface area contributed by atoms with Gasteiger partial charge in [-0.25, -0.2) is 0 Å². The molecule has 3 saturated heterocycles. The van der Waals surface area contributed by atoms with Gasteiger partial charge in [0, 0.05) is 52.3 Å². The fraction of sp³-hybridized carbons (Fsp3) is 0.700. The van der Waals surface area contributed by atoms with Crippen LogP contribution in [0.4, 0.5) is 0 Å². The van der Waals surface area contributed by atoms with E-state index in [-0.39, 0.29) is 35.7 Å². The van der Waals surface area contributed by atoms with E-state index in [0.29, 0.717) is 37.5 Å². The molecule has 0 saturated carbocycles. The van der Waals surface area contributed by atoms with Gasteiger partial charge in [0.1, 0.15) is 0 Å². The number of aromatic nitrogens is 2. The minimum absolute atomic E-state index is 0.0224. The van der Waals surface area contributed by atoms with Crippen LogP contribution < -0.4 is 5.32 Å². The number of fused-ring (bicyclic) bond motifs is 4. The maximum atomic E-state index is 13.2. The standard InChI is InChI=1S/C20H29N5O3/c1-12-16(11-23(3)22-12)20(28)24-9-14-7-15(10-24)18(8-21-13(2)26)25-17(14)5-4-6-19(25)27/h11,14-15,17-18H,4-10H2,1-3H3,(H,21,26)/t14-,15+,17+,18+/m1/s1. The summed E-state index contributed by atoms with van der Waals surface area (Å²) in [7, 11) is 1.82. The SMILES string of the molecule is CC(=O)NC[C@H]1[C@H]2C[C@H](CN(C(=O)c3cn(C)nc3C)C2)[C@@H]2CCCC(=O)N21. The van der Waals surface area contributed by atoms with Crippen molar-refractivity contribution >= 4 is 17.7 Å². The Bertz CT molecular complexity index is 804. The van der Waals surface area contributed by atoms with Crippen LogP contribution in [-0.4, -0.2) is 69.0 Å². The molecule has 4 rings (SSSR count). The van der Waals surface area contributed by atoms with Crippen LogP contribution >= 0.6 is 0 Å². The van der Waals surface area contributed by atoms with E-state index < -0.39 is 0 Å². The molecule has 8 heteroatoms. The minimum Gasteiger partial charge on any atom is -0.354 e. The average molecular weight is 387 g/mol. The van der Waals surface area contributed by atoms with Crippen molar-refractivity contribution in [2.24, 2.45) is 18.9 Å². The molecule has 4 atom stereocenters. The fourth-order valence-corrected chi connectivity index (χ4v) is 5.43. The maximum Gasteiger partial charge on any atom is 0.257 e. The Morgan fingerprint density at radius 2 is 2.04 bits per heavy atom. The molecule has 3 aliphatic rings. The molecule has 1 aromatic heterocycles. The van der Waals surface area contributed by atoms with Crippen LogP contribution in [0.25, 0.3) is 0 Å². The predicted molar refractivity (Wildman–Crippen MR) is 102 cm³/mol. The Balaban J connectivity index is 1.60. The van der Waals surface area contributed by atoms with Crippen molar-refractivity contribution in [2.75, 3.05) is 19.6 Å². The summed E-state index contributed by atoms with van der Waals surface area (Å²) in [5.74, 6) is 0.624. The third-order valence-corrected chi connectivity index (χ3v) is 6.59. The quantitative estimate of drug-likeness (QED) is 0.827. The van der Waals surface area contributed by atoms with Gasteiger partial charge in [0.15, 0.2) is 0 Å². The first-order chi connectivity index (χ1) is 13.3. The molecule has 3 aliphatic heterocycles. The molecule has 0 spiro atoms. The molecular formula is C20H29N5O3. The zero-order valence-electron chi connectivity index (χ0n) is 16.9. The molecule has 2 bridgehead atoms. The normalized spacial score (nSPS) is 29.5. The van der Waals surface area contributed by atoms with Crippen LogP contribution in [0.5, 0.6) is 0 Å². The topological polar surface area (TPSA) is 87.5 Å². The Morgan fingerprint density at radius 1 is 1.29 bits per heavy atom. The monoisotopic (exact) mass is 387 g/mol. The Kier molecular flexibility index (Phi) is 4.89. The summed E-state index contributed by atoms with van der Waals surface area (Å²) in [5, 5.41) is 7.22. The Morgan fingerprint density at radius 3 is 2.71 bits per heavy atom. The summed E-state index contributed by atoms with van der Waals surface area (Å²) in [6, 6.07) is 0.130. The van der Waals surface area contributed by atoms with Crippen LogP contribution in [0.2, 0.25) is 0 Å². The van der Waals surface area contributed by atoms with Gasteiger partial charge < -0.3 is 15.1 Å². The second-order valence-corrected chi connectivity index (χ2v) is 8.53. The van der Waals surface area contributed by atoms with Gasteiger partial charge in [0.2, 0.25) is 11.8 Å². The zero-order valence-corrected chi connectivity index (χ0v) is 16.9. The van der Waals surface area contributed by atoms with Gasteiger partial charge in [0.25, 0.3) is 5.91 Å². The van der Waals surface area contributed by atoms with Crippen LogP contribution in [-0.2, 0) is 16.6 Å². The van der Waals surface area contributed by atoms with E-state index in [1.807, 2.05) is 18.9 Å². The van der Waals surface area contributed by atoms with Crippen molar-refractivity contribution in [3.63, 3.8) is 0 Å². The van der Waals surface area contributed by atoms with E-state index in [9.17, 15) is 14.4 Å². The second kappa shape index (κ2) is 7.22. The predicted octanol–water partition coefficient (Wildman–Crippen LogP) is 0.706. The van der Waals surface area contributed by atoms with Crippen molar-refractivity contribution in [1.29, 1.82) is 0 Å². The highest BCUT2D eigenvalue weighted by Gasteiger charge is 2.50. The lowest BCUT2D eigenvalue weighted by Gasteiger charge is -2.56. The Hall–Kier alpha value is -2.38. The van der Waals surface area contributed by atoms with Crippen molar-refractivity contribution in [3.8, 4) is 0 Å². The number of hydrogen-bond donors (Lipinski definition) is 1. The summed E-state index contributed by atoms with van der Waals surface area (Å²) in [6.45, 7) is 5.13. The van der Waals surface area contributed by atoms with E-state index in [1.54, 1.807) is 10.9 Å². The molecule has 4 heterocycles. The lowest BCUT2D eigenvalue weighted by molar-refractivity contribution is -0.151. The number of amides is 3. The first-order valence-electron chi connectivity index (χ1n) is 10.2. The lowest BCUT2D eigenvalue weighted by Crippen LogP contribution is -2.67. The van der Waals surface area contributed by atoms with Crippen LogP contribution in [0.15, 0.2) is 6.20 Å². The number of carbonyl (C=O) groups is 3. The summed E-state index contributed by atoms with van der Waals surface area (Å²) < 4.78 is 1.68. The molecule has 3 fully saturated rings. The van der Waals surface area contributed by atoms with Gasteiger partial charge in [-0.3, -0.25) is 19.1 Å². The van der Waals surface area contributed by atoms with Gasteiger partial charge >= 0.3 is 0 Å². The first-order valence-corrected chi connectivity index (χ1v) is 10.2. The summed E-state index contributed by atoms with van der Waals surface area (Å²) in [4.78, 5) is 41.4. The van der Waals surface area contributed by atoms with Crippen molar-refractivity contribution < 1.29 is 14.4 Å². The van der Waals surface area contributed by atoms with Crippen LogP contribution in [0.1, 0.15) is 48.7 Å². The van der Waals surface area contributed by atoms with Crippen molar-refractivity contribution in [2.45, 2.75) is 51.6 Å². The van der Waals surface area contributed by atoms with Gasteiger partial charge in [0.05, 0.1) is 17.3 Å². The van der Waals surface area contributed by atoms with E-state index in [1.165, 1.54) is 6.92 Å². The molecule has 1 N–H and O–H groups in total. The number of hydrogen-bond acceptors (Lipinski definition) is 4. The number of likely N-dealkylation sites (tertiary alicyclic amines) is 1. The number of nitrogens with one attached hydrogen (secondary N) is 1. The van der Waals surface area contributed by atoms with Gasteiger partial charge in [-0.2, -0.15) is 5.10 Å². The molecule has 0 unspecified atom stereocenters. The molecule has 152 valence electrons. The molecule has 8 nitrogen and oxygen atoms in total. The fourth-order valence-electron chi connectivity index (χ4n) is 5.43. The smallest absolute Gasteiger partial charge is 0.257 e. The first kappa shape index (κ1) is 19.0. The number of piperidine rings is 3. The highest BCUT2D eigenvalue weighted by molar-refractivity contribution is 5.95. The van der Waals surface area contributed by atoms with E-state index in [0.717, 1.165) is 25.0 Å². The van der Waals surface area contributed by atoms with Crippen LogP contribution in [0, 0.1) is 18.8 Å². The molecule has 0 aliphatic carbocycles. The third kappa shape index (κ3) is 3.29. The van der Waals surface area contributed by atoms with Gasteiger partial charge in [-0.15, -0.1) is 0 Å². The molecule has 1 aromatic rings. The maximum absolute atomic E-state index is 13.2. The average Bonchev–Trinajstić information content (AvgIpc) is 2.99. The van der Waals surface area contributed by atoms with Gasteiger partial charge in [-0.1, -0.05) is 0 Å². The molecule has 0 radical (unpaired) electrons. The van der Waals surface area contributed by atoms with E-state index in [4.69, 9.17) is 0 Å². The highest BCUT2D eigenvalue weighted by Crippen LogP contribution is 2.41. The molecule has 3 amide bonds. The van der Waals surface area contributed by atoms with E-state index >= 15 is 0 Å². The second-order valence-electron chi connectivity index (χ2n) is 8.53. The van der Waals surface area contributed by atoms with Crippen LogP contribution in [0.3, 0.4) is 0 Å². The van der Waals surface area contributed by atoms with Crippen molar-refractivity contribution in [1.82, 2.24) is 24.9 Å². The third-order valence-electron chi connectivity index (χ3n) is 6.59. The lowest BCUT2D eigenvalue weighted by atomic mass is 9.72. The largest absolute Gasteiger partial charge is 0.354 e. The molecule has 0 aromatic carbocycles. The zero-order chi connectivity index (χ0) is 20.0. The number of carbonyl (C=O) groups excluding carboxylic acids is 3. The number of nitrogens with zero attached hydrogens (tertiary/aromatic N) is 4. The van der Waals surface area contributed by atoms with Gasteiger partial charge in [-0.05, 0) is 38.0 Å². The molecular weight excluding hydrogens is 358 g/mol. The minimum atomic E-state index is -0.0853. The Labute approximate surface area is 165 Å². The summed E-state index contributed by atoms with van der Waals surface area (Å²) in [6.07, 6.45) is 5.27. The number of rotatable bonds is 3. The summed E-state index contributed by atoms with van der Waals surface area (Å²) >= 11 is 0. The number of aryl methyl sites for hydroxylation is 2. The summed E-state index contributed by atoms with van der Waals surface area (Å²) in [5.41, 5.74) is 1.39. The van der Waals surface area contributed by atoms with Crippen molar-refractivity contribution in [3.05, 3.63) is 17.5 Å². The molecule has 28 heavy (non-hydrogen) atoms. The van der Waals surface area contributed by atoms with E-state index in [2.05, 4.69) is 15.3 Å². The highest BCUT2D eigenvalue weighted by atomic mass is 16.2.